The van der Waals surface area contributed by atoms with Gasteiger partial charge in [-0.25, -0.2) is 8.42 Å². The Hall–Kier alpha value is -1.04. The zero-order chi connectivity index (χ0) is 13.9. The summed E-state index contributed by atoms with van der Waals surface area (Å²) < 4.78 is 25.6. The van der Waals surface area contributed by atoms with Crippen LogP contribution in [0.3, 0.4) is 0 Å². The Kier molecular flexibility index (Phi) is 4.50. The van der Waals surface area contributed by atoms with E-state index in [4.69, 9.17) is 0 Å². The van der Waals surface area contributed by atoms with Gasteiger partial charge < -0.3 is 0 Å². The molecule has 0 N–H and O–H groups in total. The van der Waals surface area contributed by atoms with Gasteiger partial charge >= 0.3 is 0 Å². The second-order valence-electron chi connectivity index (χ2n) is 3.74. The van der Waals surface area contributed by atoms with Crippen molar-refractivity contribution in [3.8, 4) is 0 Å². The van der Waals surface area contributed by atoms with E-state index in [-0.39, 0.29) is 9.13 Å². The molecular weight excluding hydrogens is 344 g/mol. The van der Waals surface area contributed by atoms with Gasteiger partial charge in [-0.05, 0) is 36.4 Å². The zero-order valence-corrected chi connectivity index (χ0v) is 13.1. The van der Waals surface area contributed by atoms with Gasteiger partial charge in [0, 0.05) is 9.37 Å². The first kappa shape index (κ1) is 14.4. The number of hydrogen-bond donors (Lipinski definition) is 0. The van der Waals surface area contributed by atoms with Crippen LogP contribution in [0.4, 0.5) is 0 Å². The average molecular weight is 355 g/mol. The van der Waals surface area contributed by atoms with E-state index in [0.717, 1.165) is 21.1 Å². The molecule has 0 amide bonds. The molecule has 2 aromatic rings. The van der Waals surface area contributed by atoms with Crippen molar-refractivity contribution in [2.24, 2.45) is 0 Å². The quantitative estimate of drug-likeness (QED) is 0.758. The highest BCUT2D eigenvalue weighted by Crippen LogP contribution is 2.33. The van der Waals surface area contributed by atoms with Crippen LogP contribution in [0.2, 0.25) is 0 Å². The number of rotatable bonds is 4. The summed E-state index contributed by atoms with van der Waals surface area (Å²) in [4.78, 5) is 1.11. The van der Waals surface area contributed by atoms with Gasteiger partial charge in [0.25, 0.3) is 0 Å². The van der Waals surface area contributed by atoms with Gasteiger partial charge in [-0.15, -0.1) is 0 Å². The van der Waals surface area contributed by atoms with E-state index < -0.39 is 9.84 Å². The fourth-order valence-corrected chi connectivity index (χ4v) is 4.01. The highest BCUT2D eigenvalue weighted by molar-refractivity contribution is 9.10. The smallest absolute Gasteiger partial charge is 0.212 e. The number of halogens is 1. The van der Waals surface area contributed by atoms with Gasteiger partial charge in [0.15, 0.2) is 0 Å². The predicted octanol–water partition coefficient (Wildman–Crippen LogP) is 4.49. The van der Waals surface area contributed by atoms with Crippen LogP contribution in [-0.4, -0.2) is 8.42 Å². The Morgan fingerprint density at radius 2 is 1.58 bits per heavy atom. The predicted molar refractivity (Wildman–Crippen MR) is 82.8 cm³/mol. The third kappa shape index (κ3) is 3.49. The molecule has 0 heterocycles. The maximum absolute atomic E-state index is 12.3. The Morgan fingerprint density at radius 3 is 2.16 bits per heavy atom. The van der Waals surface area contributed by atoms with Gasteiger partial charge in [-0.3, -0.25) is 0 Å². The molecule has 5 heteroatoms. The SMILES string of the molecule is C=C(Sc1ccc(Br)cc1)S(=O)(=O)c1ccccc1. The topological polar surface area (TPSA) is 34.1 Å². The summed E-state index contributed by atoms with van der Waals surface area (Å²) in [6.45, 7) is 3.68. The third-order valence-corrected chi connectivity index (χ3v) is 6.06. The van der Waals surface area contributed by atoms with Crippen LogP contribution in [0.15, 0.2) is 79.7 Å². The van der Waals surface area contributed by atoms with E-state index in [1.807, 2.05) is 24.3 Å². The number of sulfone groups is 1. The lowest BCUT2D eigenvalue weighted by atomic mass is 10.4. The van der Waals surface area contributed by atoms with Crippen molar-refractivity contribution in [2.75, 3.05) is 0 Å². The van der Waals surface area contributed by atoms with Crippen LogP contribution in [-0.2, 0) is 9.84 Å². The minimum atomic E-state index is -3.49. The molecule has 2 aromatic carbocycles. The first-order valence-electron chi connectivity index (χ1n) is 5.42. The van der Waals surface area contributed by atoms with E-state index in [1.54, 1.807) is 30.3 Å². The Morgan fingerprint density at radius 1 is 1.00 bits per heavy atom. The molecule has 0 radical (unpaired) electrons. The first-order valence-corrected chi connectivity index (χ1v) is 8.52. The van der Waals surface area contributed by atoms with Crippen molar-refractivity contribution in [2.45, 2.75) is 9.79 Å². The van der Waals surface area contributed by atoms with Crippen molar-refractivity contribution in [1.82, 2.24) is 0 Å². The van der Waals surface area contributed by atoms with Gasteiger partial charge in [0.05, 0.1) is 4.90 Å². The lowest BCUT2D eigenvalue weighted by Crippen LogP contribution is -2.01. The van der Waals surface area contributed by atoms with Crippen molar-refractivity contribution in [3.05, 3.63) is 69.9 Å². The standard InChI is InChI=1S/C14H11BrO2S2/c1-11(18-13-9-7-12(15)8-10-13)19(16,17)14-5-3-2-4-6-14/h2-10H,1H2. The van der Waals surface area contributed by atoms with Gasteiger partial charge in [-0.1, -0.05) is 52.5 Å². The van der Waals surface area contributed by atoms with Crippen molar-refractivity contribution >= 4 is 37.5 Å². The minimum Gasteiger partial charge on any atom is -0.218 e. The molecule has 0 unspecified atom stereocenters. The van der Waals surface area contributed by atoms with Gasteiger partial charge in [-0.2, -0.15) is 0 Å². The monoisotopic (exact) mass is 354 g/mol. The number of thioether (sulfide) groups is 1. The highest BCUT2D eigenvalue weighted by Gasteiger charge is 2.19. The summed E-state index contributed by atoms with van der Waals surface area (Å²) >= 11 is 4.49. The highest BCUT2D eigenvalue weighted by atomic mass is 79.9. The molecule has 19 heavy (non-hydrogen) atoms. The minimum absolute atomic E-state index is 0.126. The summed E-state index contributed by atoms with van der Waals surface area (Å²) in [6.07, 6.45) is 0. The molecule has 0 saturated carbocycles. The summed E-state index contributed by atoms with van der Waals surface area (Å²) in [5, 5.41) is 0. The molecule has 0 spiro atoms. The fraction of sp³-hybridized carbons (Fsp3) is 0. The number of benzene rings is 2. The second-order valence-corrected chi connectivity index (χ2v) is 8.06. The molecule has 0 aliphatic carbocycles. The number of hydrogen-bond acceptors (Lipinski definition) is 3. The Balaban J connectivity index is 2.23. The van der Waals surface area contributed by atoms with Crippen LogP contribution < -0.4 is 0 Å². The maximum atomic E-state index is 12.3. The normalized spacial score (nSPS) is 11.2. The van der Waals surface area contributed by atoms with Crippen LogP contribution >= 0.6 is 27.7 Å². The van der Waals surface area contributed by atoms with Gasteiger partial charge in [0.1, 0.15) is 4.24 Å². The largest absolute Gasteiger partial charge is 0.218 e. The summed E-state index contributed by atoms with van der Waals surface area (Å²) in [6, 6.07) is 15.8. The molecule has 0 bridgehead atoms. The van der Waals surface area contributed by atoms with Crippen LogP contribution in [0.5, 0.6) is 0 Å². The van der Waals surface area contributed by atoms with Gasteiger partial charge in [0.2, 0.25) is 9.84 Å². The lowest BCUT2D eigenvalue weighted by molar-refractivity contribution is 0.604. The first-order chi connectivity index (χ1) is 9.00. The van der Waals surface area contributed by atoms with Crippen LogP contribution in [0.1, 0.15) is 0 Å². The summed E-state index contributed by atoms with van der Waals surface area (Å²) in [5.41, 5.74) is 0. The third-order valence-electron chi connectivity index (χ3n) is 2.40. The molecule has 2 rings (SSSR count). The van der Waals surface area contributed by atoms with E-state index in [0.29, 0.717) is 0 Å². The van der Waals surface area contributed by atoms with Crippen molar-refractivity contribution in [3.63, 3.8) is 0 Å². The van der Waals surface area contributed by atoms with Crippen LogP contribution in [0.25, 0.3) is 0 Å². The summed E-state index contributed by atoms with van der Waals surface area (Å²) in [5.74, 6) is 0. The van der Waals surface area contributed by atoms with E-state index >= 15 is 0 Å². The molecule has 0 aliphatic heterocycles. The second kappa shape index (κ2) is 5.94. The molecule has 0 aromatic heterocycles. The Labute approximate surface area is 125 Å². The Bertz CT molecular complexity index is 677. The average Bonchev–Trinajstić information content (AvgIpc) is 2.42. The fourth-order valence-electron chi connectivity index (χ4n) is 1.42. The molecular formula is C14H11BrO2S2. The molecule has 0 atom stereocenters. The lowest BCUT2D eigenvalue weighted by Gasteiger charge is -2.07. The van der Waals surface area contributed by atoms with E-state index in [9.17, 15) is 8.42 Å². The van der Waals surface area contributed by atoms with E-state index in [1.165, 1.54) is 0 Å². The molecule has 98 valence electrons. The maximum Gasteiger partial charge on any atom is 0.212 e. The van der Waals surface area contributed by atoms with Crippen LogP contribution in [0, 0.1) is 0 Å². The van der Waals surface area contributed by atoms with E-state index in [2.05, 4.69) is 22.5 Å². The zero-order valence-electron chi connectivity index (χ0n) is 9.91. The molecule has 0 fully saturated rings. The summed E-state index contributed by atoms with van der Waals surface area (Å²) in [7, 11) is -3.49. The van der Waals surface area contributed by atoms with Crippen molar-refractivity contribution in [1.29, 1.82) is 0 Å². The molecule has 0 aliphatic rings. The molecule has 0 saturated heterocycles. The molecule has 2 nitrogen and oxygen atoms in total. The van der Waals surface area contributed by atoms with Crippen molar-refractivity contribution < 1.29 is 8.42 Å².